The molecule has 1 unspecified atom stereocenters. The molecule has 2 amide bonds. The molecular weight excluding hydrogens is 248 g/mol. The Bertz CT molecular complexity index is 546. The molecule has 1 aromatic carbocycles. The van der Waals surface area contributed by atoms with E-state index in [1.807, 2.05) is 36.4 Å². The van der Waals surface area contributed by atoms with Crippen LogP contribution in [0.25, 0.3) is 0 Å². The summed E-state index contributed by atoms with van der Waals surface area (Å²) in [5, 5.41) is 2.80. The van der Waals surface area contributed by atoms with Crippen LogP contribution in [0.4, 0.5) is 4.79 Å². The van der Waals surface area contributed by atoms with Gasteiger partial charge in [0.2, 0.25) is 0 Å². The molecule has 3 rings (SSSR count). The number of amides is 2. The van der Waals surface area contributed by atoms with Crippen molar-refractivity contribution >= 4 is 24.1 Å². The molecule has 1 aliphatic heterocycles. The fourth-order valence-electron chi connectivity index (χ4n) is 2.16. The molecule has 0 bridgehead atoms. The average Bonchev–Trinajstić information content (AvgIpc) is 2.72. The van der Waals surface area contributed by atoms with Crippen LogP contribution >= 0.6 is 12.4 Å². The van der Waals surface area contributed by atoms with Crippen LogP contribution in [-0.2, 0) is 6.42 Å². The van der Waals surface area contributed by atoms with Crippen molar-refractivity contribution < 1.29 is 4.79 Å². The van der Waals surface area contributed by atoms with Gasteiger partial charge in [0.15, 0.2) is 0 Å². The van der Waals surface area contributed by atoms with Crippen molar-refractivity contribution in [2.24, 2.45) is 4.99 Å². The molecule has 1 aliphatic carbocycles. The lowest BCUT2D eigenvalue weighted by Gasteiger charge is -2.15. The highest BCUT2D eigenvalue weighted by Gasteiger charge is 2.27. The van der Waals surface area contributed by atoms with E-state index >= 15 is 0 Å². The van der Waals surface area contributed by atoms with Crippen molar-refractivity contribution in [1.82, 2.24) is 5.32 Å². The second kappa shape index (κ2) is 5.19. The highest BCUT2D eigenvalue weighted by molar-refractivity contribution is 6.15. The summed E-state index contributed by atoms with van der Waals surface area (Å²) in [6, 6.07) is 9.93. The maximum absolute atomic E-state index is 11.2. The summed E-state index contributed by atoms with van der Waals surface area (Å²) in [6.07, 6.45) is 6.78. The molecule has 3 nitrogen and oxygen atoms in total. The van der Waals surface area contributed by atoms with Gasteiger partial charge in [-0.25, -0.2) is 4.79 Å². The van der Waals surface area contributed by atoms with Crippen molar-refractivity contribution in [2.45, 2.75) is 12.5 Å². The zero-order valence-corrected chi connectivity index (χ0v) is 10.5. The molecule has 0 spiro atoms. The van der Waals surface area contributed by atoms with Crippen LogP contribution in [0.2, 0.25) is 0 Å². The lowest BCUT2D eigenvalue weighted by Crippen LogP contribution is -2.32. The lowest BCUT2D eigenvalue weighted by atomic mass is 9.93. The highest BCUT2D eigenvalue weighted by Crippen LogP contribution is 2.19. The van der Waals surface area contributed by atoms with Gasteiger partial charge < -0.3 is 5.32 Å². The number of nitrogens with zero attached hydrogens (tertiary/aromatic N) is 1. The van der Waals surface area contributed by atoms with E-state index in [9.17, 15) is 4.79 Å². The summed E-state index contributed by atoms with van der Waals surface area (Å²) in [5.74, 6) is 0. The van der Waals surface area contributed by atoms with E-state index in [2.05, 4.69) is 22.4 Å². The third-order valence-corrected chi connectivity index (χ3v) is 2.96. The third kappa shape index (κ3) is 2.36. The quantitative estimate of drug-likeness (QED) is 0.873. The van der Waals surface area contributed by atoms with Gasteiger partial charge in [-0.2, -0.15) is 4.99 Å². The fourth-order valence-corrected chi connectivity index (χ4v) is 2.16. The first-order chi connectivity index (χ1) is 8.33. The Morgan fingerprint density at radius 2 is 2.00 bits per heavy atom. The van der Waals surface area contributed by atoms with Crippen LogP contribution in [0.5, 0.6) is 0 Å². The van der Waals surface area contributed by atoms with Gasteiger partial charge in [0.05, 0.1) is 11.8 Å². The average molecular weight is 261 g/mol. The minimum atomic E-state index is -0.240. The summed E-state index contributed by atoms with van der Waals surface area (Å²) in [7, 11) is 0. The predicted octanol–water partition coefficient (Wildman–Crippen LogP) is 2.68. The number of fused-ring (bicyclic) bond motifs is 1. The number of aliphatic imine (C=N–C) groups is 1. The summed E-state index contributed by atoms with van der Waals surface area (Å²) in [5.41, 5.74) is 3.21. The van der Waals surface area contributed by atoms with Crippen LogP contribution in [0.15, 0.2) is 59.1 Å². The Morgan fingerprint density at radius 3 is 2.78 bits per heavy atom. The summed E-state index contributed by atoms with van der Waals surface area (Å²) in [4.78, 5) is 15.3. The number of nitrogens with one attached hydrogen (secondary N) is 1. The van der Waals surface area contributed by atoms with E-state index in [1.54, 1.807) is 0 Å². The van der Waals surface area contributed by atoms with Gasteiger partial charge >= 0.3 is 6.03 Å². The van der Waals surface area contributed by atoms with Crippen molar-refractivity contribution in [3.8, 4) is 0 Å². The molecule has 1 aromatic rings. The van der Waals surface area contributed by atoms with Gasteiger partial charge in [0.1, 0.15) is 0 Å². The normalized spacial score (nSPS) is 20.4. The van der Waals surface area contributed by atoms with Gasteiger partial charge in [-0.1, -0.05) is 48.6 Å². The second-order valence-electron chi connectivity index (χ2n) is 4.16. The number of halogens is 1. The molecule has 0 radical (unpaired) electrons. The molecule has 4 heteroatoms. The SMILES string of the molecule is Cl.O=C1N=C2C(Cc3ccccc3)=CC=CC2N1. The van der Waals surface area contributed by atoms with Gasteiger partial charge in [0.25, 0.3) is 0 Å². The number of hydrogen-bond acceptors (Lipinski definition) is 1. The van der Waals surface area contributed by atoms with E-state index in [1.165, 1.54) is 5.56 Å². The van der Waals surface area contributed by atoms with E-state index < -0.39 is 0 Å². The predicted molar refractivity (Wildman–Crippen MR) is 74.4 cm³/mol. The fraction of sp³-hybridized carbons (Fsp3) is 0.143. The summed E-state index contributed by atoms with van der Waals surface area (Å²) < 4.78 is 0. The lowest BCUT2D eigenvalue weighted by molar-refractivity contribution is 0.251. The van der Waals surface area contributed by atoms with E-state index in [0.717, 1.165) is 17.7 Å². The molecule has 0 saturated heterocycles. The number of urea groups is 1. The molecule has 2 aliphatic rings. The molecule has 0 fully saturated rings. The van der Waals surface area contributed by atoms with Gasteiger partial charge in [-0.15, -0.1) is 12.4 Å². The smallest absolute Gasteiger partial charge is 0.324 e. The van der Waals surface area contributed by atoms with Gasteiger partial charge in [0, 0.05) is 0 Å². The Balaban J connectivity index is 0.00000120. The summed E-state index contributed by atoms with van der Waals surface area (Å²) >= 11 is 0. The molecule has 18 heavy (non-hydrogen) atoms. The van der Waals surface area contributed by atoms with Crippen molar-refractivity contribution in [3.05, 3.63) is 59.7 Å². The molecule has 0 saturated carbocycles. The number of benzene rings is 1. The van der Waals surface area contributed by atoms with E-state index in [4.69, 9.17) is 0 Å². The largest absolute Gasteiger partial charge is 0.342 e. The van der Waals surface area contributed by atoms with Crippen molar-refractivity contribution in [2.75, 3.05) is 0 Å². The van der Waals surface area contributed by atoms with E-state index in [0.29, 0.717) is 0 Å². The Morgan fingerprint density at radius 1 is 1.22 bits per heavy atom. The van der Waals surface area contributed by atoms with E-state index in [-0.39, 0.29) is 24.5 Å². The van der Waals surface area contributed by atoms with Crippen LogP contribution in [-0.4, -0.2) is 17.8 Å². The van der Waals surface area contributed by atoms with Gasteiger partial charge in [-0.05, 0) is 17.6 Å². The van der Waals surface area contributed by atoms with Crippen molar-refractivity contribution in [3.63, 3.8) is 0 Å². The zero-order valence-electron chi connectivity index (χ0n) is 9.67. The number of allylic oxidation sites excluding steroid dienone is 2. The number of hydrogen-bond donors (Lipinski definition) is 1. The Kier molecular flexibility index (Phi) is 3.63. The molecule has 92 valence electrons. The maximum atomic E-state index is 11.2. The molecular formula is C14H13ClN2O. The van der Waals surface area contributed by atoms with Gasteiger partial charge in [-0.3, -0.25) is 0 Å². The summed E-state index contributed by atoms with van der Waals surface area (Å²) in [6.45, 7) is 0. The second-order valence-corrected chi connectivity index (χ2v) is 4.16. The van der Waals surface area contributed by atoms with Crippen molar-refractivity contribution in [1.29, 1.82) is 0 Å². The third-order valence-electron chi connectivity index (χ3n) is 2.96. The molecule has 1 atom stereocenters. The molecule has 1 heterocycles. The van der Waals surface area contributed by atoms with Crippen LogP contribution in [0.1, 0.15) is 5.56 Å². The first-order valence-electron chi connectivity index (χ1n) is 5.64. The Hall–Kier alpha value is -1.87. The zero-order chi connectivity index (χ0) is 11.7. The van der Waals surface area contributed by atoms with Crippen LogP contribution in [0, 0.1) is 0 Å². The first-order valence-corrected chi connectivity index (χ1v) is 5.64. The highest BCUT2D eigenvalue weighted by atomic mass is 35.5. The monoisotopic (exact) mass is 260 g/mol. The minimum Gasteiger partial charge on any atom is -0.324 e. The van der Waals surface area contributed by atoms with Crippen LogP contribution < -0.4 is 5.32 Å². The topological polar surface area (TPSA) is 41.5 Å². The Labute approximate surface area is 112 Å². The standard InChI is InChI=1S/C14H12N2O.ClH/c17-14-15-12-8-4-7-11(13(12)16-14)9-10-5-2-1-3-6-10;/h1-8,12H,9H2,(H,15,17);1H. The number of carbonyl (C=O) groups excluding carboxylic acids is 1. The first kappa shape index (κ1) is 12.6. The molecule has 1 N–H and O–H groups in total. The van der Waals surface area contributed by atoms with Crippen LogP contribution in [0.3, 0.4) is 0 Å². The number of rotatable bonds is 2. The number of carbonyl (C=O) groups is 1. The minimum absolute atomic E-state index is 0. The molecule has 0 aromatic heterocycles. The maximum Gasteiger partial charge on any atom is 0.342 e.